The second kappa shape index (κ2) is 39.7. The Bertz CT molecular complexity index is 2610. The van der Waals surface area contributed by atoms with Gasteiger partial charge in [-0.25, -0.2) is 4.79 Å². The highest BCUT2D eigenvalue weighted by Gasteiger charge is 2.41. The summed E-state index contributed by atoms with van der Waals surface area (Å²) in [4.78, 5) is 161. The lowest BCUT2D eigenvalue weighted by atomic mass is 9.84. The maximum Gasteiger partial charge on any atom is 0.329 e. The van der Waals surface area contributed by atoms with Gasteiger partial charge in [-0.1, -0.05) is 118 Å². The number of esters is 1. The summed E-state index contributed by atoms with van der Waals surface area (Å²) in [7, 11) is 3.14. The molecular formula is C63H104N12O15. The van der Waals surface area contributed by atoms with Crippen LogP contribution in [0.2, 0.25) is 0 Å². The molecule has 1 fully saturated rings. The highest BCUT2D eigenvalue weighted by molar-refractivity contribution is 5.98. The predicted molar refractivity (Wildman–Crippen MR) is 337 cm³/mol. The lowest BCUT2D eigenvalue weighted by molar-refractivity contribution is -0.157. The standard InChI is InChI=1S/C33H53N5O7.C30H51N7O8/c1-7-20(3)24(32(44)36-6)18-27(40)25(14-15-29(34)42)37-31(43)23(19-39)17-28(41)30(21(4)8-2)38-33(45)26(35-5)16-22-12-10-9-11-13-22;1-8-14(3)16(5)22(39)10-19(13-38)26(41)37-24-18(7)45-29(44)23(15(4)9-2)36-27(42)21(11-20-12-32-30(31)34-20)35-25(40)17(6)33-28(24)43/h9-13,20-21,23-26,30,35,39H,7-8,14-19H2,1-6H3,(H2,34,42)(H,36,44)(H,37,43)(H,38,45);14-21,23-24,38H,8-13H2,1-7H3,(H,33,43)(H,35,40)(H,36,42)(H,37,41)(H3,31,32,34)/t20-,21-,23-,24+,25+,26+,30-;14-,15-,16-,17-,18-,19-,20-,21-,23-,24+/m00/s1. The van der Waals surface area contributed by atoms with Crippen LogP contribution in [0.1, 0.15) is 146 Å². The van der Waals surface area contributed by atoms with Gasteiger partial charge in [-0.3, -0.25) is 57.7 Å². The van der Waals surface area contributed by atoms with Crippen molar-refractivity contribution in [2.75, 3.05) is 33.9 Å². The van der Waals surface area contributed by atoms with Crippen LogP contribution in [-0.4, -0.2) is 175 Å². The number of nitrogens with one attached hydrogen (secondary N) is 9. The molecule has 0 unspecified atom stereocenters. The summed E-state index contributed by atoms with van der Waals surface area (Å²) in [5.74, 6) is -10.8. The second-order valence-corrected chi connectivity index (χ2v) is 24.1. The lowest BCUT2D eigenvalue weighted by Crippen LogP contribution is -2.59. The van der Waals surface area contributed by atoms with Crippen LogP contribution in [0.5, 0.6) is 0 Å². The van der Waals surface area contributed by atoms with Gasteiger partial charge in [0.2, 0.25) is 47.3 Å². The zero-order valence-corrected chi connectivity index (χ0v) is 54.9. The SMILES string of the molecule is CC[C@H](C)[C@H](C)C(=O)C[C@@H](CO)C(=O)N[C@H]1C(=O)N[C@@H](C)C(=O)N[C@@H](C[C@H]2CN=C(N)N2)C(=O)N[C@@H]([C@@H](C)CC)C(=O)O[C@H]1C.CC[C@H](C)[C@H](NC(=O)[C@@H](Cc1ccccc1)NC)C(=O)C[C@@H](CO)C(=O)N[C@H](CCC(N)=O)C(=O)C[C@@H](C(=O)NC)[C@@H](C)CC. The third kappa shape index (κ3) is 25.1. The van der Waals surface area contributed by atoms with Crippen molar-refractivity contribution < 1.29 is 72.5 Å². The van der Waals surface area contributed by atoms with E-state index in [2.05, 4.69) is 52.8 Å². The summed E-state index contributed by atoms with van der Waals surface area (Å²) in [6, 6.07) is 1.55. The smallest absolute Gasteiger partial charge is 0.329 e. The molecule has 0 aliphatic carbocycles. The number of nitrogens with two attached hydrogens (primary N) is 2. The van der Waals surface area contributed by atoms with Crippen LogP contribution in [0.3, 0.4) is 0 Å². The Labute approximate surface area is 529 Å². The largest absolute Gasteiger partial charge is 0.458 e. The van der Waals surface area contributed by atoms with E-state index in [1.54, 1.807) is 20.9 Å². The Morgan fingerprint density at radius 1 is 0.678 bits per heavy atom. The van der Waals surface area contributed by atoms with Crippen LogP contribution >= 0.6 is 0 Å². The first-order chi connectivity index (χ1) is 42.4. The molecule has 0 aromatic heterocycles. The lowest BCUT2D eigenvalue weighted by Gasteiger charge is -2.29. The molecule has 506 valence electrons. The number of ketones is 3. The molecule has 2 aliphatic rings. The number of hydrogen-bond donors (Lipinski definition) is 13. The molecule has 1 aromatic carbocycles. The minimum Gasteiger partial charge on any atom is -0.458 e. The molecule has 8 amide bonds. The van der Waals surface area contributed by atoms with Gasteiger partial charge >= 0.3 is 5.97 Å². The Hall–Kier alpha value is -7.39. The molecule has 1 saturated heterocycles. The highest BCUT2D eigenvalue weighted by atomic mass is 16.5. The van der Waals surface area contributed by atoms with Gasteiger partial charge in [-0.05, 0) is 69.4 Å². The fourth-order valence-corrected chi connectivity index (χ4v) is 10.2. The van der Waals surface area contributed by atoms with E-state index in [1.165, 1.54) is 20.9 Å². The molecule has 0 radical (unpaired) electrons. The Morgan fingerprint density at radius 2 is 1.28 bits per heavy atom. The molecule has 90 heavy (non-hydrogen) atoms. The van der Waals surface area contributed by atoms with Gasteiger partial charge in [-0.15, -0.1) is 0 Å². The molecule has 3 rings (SSSR count). The van der Waals surface area contributed by atoms with Crippen molar-refractivity contribution in [2.45, 2.75) is 201 Å². The van der Waals surface area contributed by atoms with Gasteiger partial charge in [0.1, 0.15) is 36.1 Å². The summed E-state index contributed by atoms with van der Waals surface area (Å²) in [5.41, 5.74) is 12.0. The van der Waals surface area contributed by atoms with Crippen LogP contribution in [-0.2, 0) is 68.7 Å². The van der Waals surface area contributed by atoms with Crippen molar-refractivity contribution >= 4 is 76.5 Å². The number of carbonyl (C=O) groups is 12. The molecule has 0 bridgehead atoms. The van der Waals surface area contributed by atoms with E-state index in [0.29, 0.717) is 25.7 Å². The minimum atomic E-state index is -1.49. The van der Waals surface area contributed by atoms with Crippen molar-refractivity contribution in [3.8, 4) is 0 Å². The third-order valence-electron chi connectivity index (χ3n) is 17.5. The van der Waals surface area contributed by atoms with Gasteiger partial charge in [0, 0.05) is 44.6 Å². The number of aliphatic imine (C=N–C) groups is 1. The average Bonchev–Trinajstić information content (AvgIpc) is 2.27. The van der Waals surface area contributed by atoms with Crippen LogP contribution in [0.4, 0.5) is 0 Å². The van der Waals surface area contributed by atoms with Gasteiger partial charge in [-0.2, -0.15) is 0 Å². The summed E-state index contributed by atoms with van der Waals surface area (Å²) in [5, 5.41) is 44.4. The molecule has 2 aliphatic heterocycles. The second-order valence-electron chi connectivity index (χ2n) is 24.1. The number of cyclic esters (lactones) is 1. The molecule has 27 nitrogen and oxygen atoms in total. The van der Waals surface area contributed by atoms with Gasteiger partial charge in [0.25, 0.3) is 0 Å². The highest BCUT2D eigenvalue weighted by Crippen LogP contribution is 2.24. The molecule has 17 atom stereocenters. The topological polar surface area (TPSA) is 427 Å². The number of likely N-dealkylation sites (N-methyl/N-ethyl adjacent to an activating group) is 1. The number of aliphatic hydroxyl groups excluding tert-OH is 2. The number of amides is 8. The number of primary amides is 1. The van der Waals surface area contributed by atoms with Gasteiger partial charge in [0.05, 0.1) is 55.8 Å². The van der Waals surface area contributed by atoms with Crippen LogP contribution in [0.15, 0.2) is 35.3 Å². The molecule has 27 heteroatoms. The number of nitrogens with zero attached hydrogens (tertiary/aromatic N) is 1. The van der Waals surface area contributed by atoms with E-state index in [9.17, 15) is 67.7 Å². The number of hydrogen-bond acceptors (Lipinski definition) is 19. The third-order valence-corrected chi connectivity index (χ3v) is 17.5. The van der Waals surface area contributed by atoms with Crippen molar-refractivity contribution in [1.82, 2.24) is 47.9 Å². The predicted octanol–water partition coefficient (Wildman–Crippen LogP) is -0.103. The summed E-state index contributed by atoms with van der Waals surface area (Å²) in [6.07, 6.45) is 0.634. The van der Waals surface area contributed by atoms with E-state index >= 15 is 0 Å². The van der Waals surface area contributed by atoms with Crippen molar-refractivity contribution in [3.63, 3.8) is 0 Å². The number of benzene rings is 1. The molecule has 0 spiro atoms. The monoisotopic (exact) mass is 1270 g/mol. The van der Waals surface area contributed by atoms with Crippen molar-refractivity contribution in [1.29, 1.82) is 0 Å². The summed E-state index contributed by atoms with van der Waals surface area (Å²) in [6.45, 7) is 18.4. The number of aliphatic hydroxyl groups is 2. The number of guanidine groups is 1. The van der Waals surface area contributed by atoms with Gasteiger partial charge < -0.3 is 74.3 Å². The quantitative estimate of drug-likeness (QED) is 0.0401. The maximum absolute atomic E-state index is 13.5. The fourth-order valence-electron chi connectivity index (χ4n) is 10.2. The van der Waals surface area contributed by atoms with E-state index in [-0.39, 0.29) is 98.3 Å². The molecule has 0 saturated carbocycles. The zero-order chi connectivity index (χ0) is 68.1. The van der Waals surface area contributed by atoms with E-state index < -0.39 is 138 Å². The molecular weight excluding hydrogens is 1160 g/mol. The normalized spacial score (nSPS) is 22.4. The average molecular weight is 1270 g/mol. The molecule has 1 aromatic rings. The number of rotatable bonds is 34. The van der Waals surface area contributed by atoms with Gasteiger partial charge in [0.15, 0.2) is 17.5 Å². The van der Waals surface area contributed by atoms with Crippen LogP contribution in [0, 0.1) is 47.3 Å². The number of Topliss-reactive ketones (excluding diaryl/α,β-unsaturated/α-hetero) is 3. The summed E-state index contributed by atoms with van der Waals surface area (Å²) >= 11 is 0. The maximum atomic E-state index is 13.5. The first kappa shape index (κ1) is 78.7. The first-order valence-electron chi connectivity index (χ1n) is 31.6. The first-order valence-corrected chi connectivity index (χ1v) is 31.6. The summed E-state index contributed by atoms with van der Waals surface area (Å²) < 4.78 is 5.64. The van der Waals surface area contributed by atoms with E-state index in [0.717, 1.165) is 12.0 Å². The van der Waals surface area contributed by atoms with E-state index in [4.69, 9.17) is 16.2 Å². The Kier molecular flexibility index (Phi) is 34.7. The van der Waals surface area contributed by atoms with Crippen molar-refractivity contribution in [3.05, 3.63) is 35.9 Å². The van der Waals surface area contributed by atoms with E-state index in [1.807, 2.05) is 78.8 Å². The fraction of sp³-hybridized carbons (Fsp3) is 0.698. The van der Waals surface area contributed by atoms with Crippen molar-refractivity contribution in [2.24, 2.45) is 63.8 Å². The van der Waals surface area contributed by atoms with Crippen LogP contribution < -0.4 is 59.3 Å². The Balaban J connectivity index is 0.000000613. The molecule has 2 heterocycles. The zero-order valence-electron chi connectivity index (χ0n) is 54.9. The Morgan fingerprint density at radius 3 is 1.81 bits per heavy atom. The minimum absolute atomic E-state index is 0.0765. The molecule has 15 N–H and O–H groups in total. The van der Waals surface area contributed by atoms with Crippen LogP contribution in [0.25, 0.3) is 0 Å². The number of carbonyl (C=O) groups excluding carboxylic acids is 12. The number of ether oxygens (including phenoxy) is 1.